The number of rotatable bonds is 6. The highest BCUT2D eigenvalue weighted by Crippen LogP contribution is 2.20. The van der Waals surface area contributed by atoms with E-state index in [1.165, 1.54) is 17.3 Å². The molecule has 0 spiro atoms. The van der Waals surface area contributed by atoms with Crippen LogP contribution in [0, 0.1) is 6.92 Å². The number of amides is 1. The Morgan fingerprint density at radius 1 is 1.22 bits per heavy atom. The van der Waals surface area contributed by atoms with Crippen LogP contribution in [0.1, 0.15) is 11.1 Å². The molecule has 2 aromatic rings. The lowest BCUT2D eigenvalue weighted by Gasteiger charge is -2.07. The summed E-state index contributed by atoms with van der Waals surface area (Å²) in [6, 6.07) is 16.5. The predicted octanol–water partition coefficient (Wildman–Crippen LogP) is 4.10. The molecule has 3 nitrogen and oxygen atoms in total. The summed E-state index contributed by atoms with van der Waals surface area (Å²) in [6.45, 7) is 6.11. The molecular formula is C19H19ClN2O. The zero-order chi connectivity index (χ0) is 16.7. The monoisotopic (exact) mass is 326 g/mol. The second kappa shape index (κ2) is 8.30. The Morgan fingerprint density at radius 2 is 1.96 bits per heavy atom. The molecule has 1 amide bonds. The van der Waals surface area contributed by atoms with E-state index >= 15 is 0 Å². The maximum absolute atomic E-state index is 11.8. The third-order valence-electron chi connectivity index (χ3n) is 3.34. The van der Waals surface area contributed by atoms with Crippen molar-refractivity contribution in [2.24, 2.45) is 4.99 Å². The van der Waals surface area contributed by atoms with E-state index in [-0.39, 0.29) is 17.5 Å². The van der Waals surface area contributed by atoms with Gasteiger partial charge in [-0.2, -0.15) is 0 Å². The van der Waals surface area contributed by atoms with Crippen LogP contribution in [0.4, 0.5) is 0 Å². The first-order valence-electron chi connectivity index (χ1n) is 7.31. The maximum Gasteiger partial charge on any atom is 0.269 e. The molecular weight excluding hydrogens is 308 g/mol. The molecule has 0 bridgehead atoms. The predicted molar refractivity (Wildman–Crippen MR) is 96.8 cm³/mol. The Labute approximate surface area is 141 Å². The van der Waals surface area contributed by atoms with Gasteiger partial charge in [-0.1, -0.05) is 60.7 Å². The van der Waals surface area contributed by atoms with E-state index in [1.807, 2.05) is 18.2 Å². The first-order chi connectivity index (χ1) is 11.1. The van der Waals surface area contributed by atoms with Crippen molar-refractivity contribution in [2.75, 3.05) is 5.88 Å². The molecule has 0 aliphatic carbocycles. The van der Waals surface area contributed by atoms with Crippen molar-refractivity contribution >= 4 is 23.7 Å². The van der Waals surface area contributed by atoms with E-state index in [1.54, 1.807) is 0 Å². The Bertz CT molecular complexity index is 720. The lowest BCUT2D eigenvalue weighted by molar-refractivity contribution is -0.117. The van der Waals surface area contributed by atoms with Crippen LogP contribution in [-0.4, -0.2) is 18.0 Å². The molecule has 0 saturated heterocycles. The van der Waals surface area contributed by atoms with Crippen molar-refractivity contribution in [1.29, 1.82) is 0 Å². The highest BCUT2D eigenvalue weighted by molar-refractivity contribution is 6.24. The third kappa shape index (κ3) is 5.08. The highest BCUT2D eigenvalue weighted by atomic mass is 35.5. The van der Waals surface area contributed by atoms with Gasteiger partial charge >= 0.3 is 0 Å². The molecule has 1 N–H and O–H groups in total. The van der Waals surface area contributed by atoms with E-state index in [2.05, 4.69) is 54.1 Å². The molecule has 23 heavy (non-hydrogen) atoms. The number of carbonyl (C=O) groups is 1. The molecule has 0 aliphatic rings. The number of hydrogen-bond donors (Lipinski definition) is 1. The van der Waals surface area contributed by atoms with Crippen molar-refractivity contribution in [1.82, 2.24) is 5.32 Å². The molecule has 4 heteroatoms. The zero-order valence-corrected chi connectivity index (χ0v) is 13.8. The SMILES string of the molecule is C=C(N=CCCl)C(=O)NCc1ccc(-c2cccc(C)c2)cc1. The van der Waals surface area contributed by atoms with Crippen molar-refractivity contribution in [3.8, 4) is 11.1 Å². The average Bonchev–Trinajstić information content (AvgIpc) is 2.58. The van der Waals surface area contributed by atoms with Crippen LogP contribution < -0.4 is 5.32 Å². The van der Waals surface area contributed by atoms with Crippen LogP contribution in [-0.2, 0) is 11.3 Å². The second-order valence-electron chi connectivity index (χ2n) is 5.16. The smallest absolute Gasteiger partial charge is 0.269 e. The fourth-order valence-corrected chi connectivity index (χ4v) is 2.20. The van der Waals surface area contributed by atoms with Gasteiger partial charge in [0.15, 0.2) is 0 Å². The lowest BCUT2D eigenvalue weighted by atomic mass is 10.0. The minimum Gasteiger partial charge on any atom is -0.347 e. The highest BCUT2D eigenvalue weighted by Gasteiger charge is 2.05. The molecule has 0 aromatic heterocycles. The van der Waals surface area contributed by atoms with Gasteiger partial charge in [0.2, 0.25) is 0 Å². The minimum atomic E-state index is -0.297. The lowest BCUT2D eigenvalue weighted by Crippen LogP contribution is -2.23. The number of nitrogens with zero attached hydrogens (tertiary/aromatic N) is 1. The molecule has 2 rings (SSSR count). The van der Waals surface area contributed by atoms with E-state index in [4.69, 9.17) is 11.6 Å². The Morgan fingerprint density at radius 3 is 2.61 bits per heavy atom. The van der Waals surface area contributed by atoms with E-state index < -0.39 is 0 Å². The molecule has 2 aromatic carbocycles. The number of halogens is 1. The van der Waals surface area contributed by atoms with Gasteiger partial charge in [0.05, 0.1) is 5.88 Å². The molecule has 0 radical (unpaired) electrons. The van der Waals surface area contributed by atoms with Crippen LogP contribution in [0.25, 0.3) is 11.1 Å². The Hall–Kier alpha value is -2.39. The molecule has 0 atom stereocenters. The van der Waals surface area contributed by atoms with E-state index in [0.29, 0.717) is 6.54 Å². The molecule has 0 aliphatic heterocycles. The quantitative estimate of drug-likeness (QED) is 0.484. The Balaban J connectivity index is 1.97. The number of carbonyl (C=O) groups excluding carboxylic acids is 1. The largest absolute Gasteiger partial charge is 0.347 e. The first-order valence-corrected chi connectivity index (χ1v) is 7.85. The third-order valence-corrected chi connectivity index (χ3v) is 3.47. The van der Waals surface area contributed by atoms with Gasteiger partial charge in [-0.3, -0.25) is 9.79 Å². The topological polar surface area (TPSA) is 41.5 Å². The first kappa shape index (κ1) is 17.0. The number of benzene rings is 2. The van der Waals surface area contributed by atoms with Crippen LogP contribution in [0.3, 0.4) is 0 Å². The summed E-state index contributed by atoms with van der Waals surface area (Å²) in [7, 11) is 0. The zero-order valence-electron chi connectivity index (χ0n) is 13.1. The summed E-state index contributed by atoms with van der Waals surface area (Å²) < 4.78 is 0. The summed E-state index contributed by atoms with van der Waals surface area (Å²) in [5.41, 5.74) is 4.74. The fourth-order valence-electron chi connectivity index (χ4n) is 2.13. The van der Waals surface area contributed by atoms with Gasteiger partial charge in [-0.15, -0.1) is 11.6 Å². The number of aryl methyl sites for hydroxylation is 1. The minimum absolute atomic E-state index is 0.155. The van der Waals surface area contributed by atoms with Gasteiger partial charge in [-0.05, 0) is 23.6 Å². The Kier molecular flexibility index (Phi) is 6.12. The maximum atomic E-state index is 11.8. The number of nitrogens with one attached hydrogen (secondary N) is 1. The second-order valence-corrected chi connectivity index (χ2v) is 5.47. The van der Waals surface area contributed by atoms with Gasteiger partial charge in [0, 0.05) is 12.8 Å². The summed E-state index contributed by atoms with van der Waals surface area (Å²) in [4.78, 5) is 15.6. The van der Waals surface area contributed by atoms with Gasteiger partial charge in [-0.25, -0.2) is 0 Å². The summed E-state index contributed by atoms with van der Waals surface area (Å²) in [5.74, 6) is -0.0404. The van der Waals surface area contributed by atoms with E-state index in [0.717, 1.165) is 11.1 Å². The molecule has 0 heterocycles. The van der Waals surface area contributed by atoms with Crippen LogP contribution >= 0.6 is 11.6 Å². The van der Waals surface area contributed by atoms with Crippen molar-refractivity contribution < 1.29 is 4.79 Å². The molecule has 0 fully saturated rings. The average molecular weight is 327 g/mol. The number of alkyl halides is 1. The normalized spacial score (nSPS) is 10.7. The standard InChI is InChI=1S/C19H19ClN2O/c1-14-4-3-5-18(12-14)17-8-6-16(7-9-17)13-22-19(23)15(2)21-11-10-20/h3-9,11-12H,2,10,13H2,1H3,(H,22,23). The molecule has 118 valence electrons. The van der Waals surface area contributed by atoms with Gasteiger partial charge < -0.3 is 5.32 Å². The summed E-state index contributed by atoms with van der Waals surface area (Å²) in [6.07, 6.45) is 1.44. The number of aliphatic imine (C=N–C) groups is 1. The summed E-state index contributed by atoms with van der Waals surface area (Å²) in [5, 5.41) is 2.78. The van der Waals surface area contributed by atoms with Crippen molar-refractivity contribution in [2.45, 2.75) is 13.5 Å². The fraction of sp³-hybridized carbons (Fsp3) is 0.158. The van der Waals surface area contributed by atoms with Gasteiger partial charge in [0.1, 0.15) is 5.70 Å². The summed E-state index contributed by atoms with van der Waals surface area (Å²) >= 11 is 5.48. The van der Waals surface area contributed by atoms with Crippen LogP contribution in [0.2, 0.25) is 0 Å². The molecule has 0 saturated carbocycles. The van der Waals surface area contributed by atoms with Gasteiger partial charge in [0.25, 0.3) is 5.91 Å². The van der Waals surface area contributed by atoms with Crippen molar-refractivity contribution in [3.63, 3.8) is 0 Å². The van der Waals surface area contributed by atoms with E-state index in [9.17, 15) is 4.79 Å². The van der Waals surface area contributed by atoms with Crippen molar-refractivity contribution in [3.05, 3.63) is 71.9 Å². The van der Waals surface area contributed by atoms with Crippen LogP contribution in [0.5, 0.6) is 0 Å². The number of hydrogen-bond acceptors (Lipinski definition) is 2. The molecule has 0 unspecified atom stereocenters. The van der Waals surface area contributed by atoms with Crippen LogP contribution in [0.15, 0.2) is 65.8 Å².